The number of nitrogens with zero attached hydrogens (tertiary/aromatic N) is 3. The van der Waals surface area contributed by atoms with Gasteiger partial charge in [-0.1, -0.05) is 12.1 Å². The maximum absolute atomic E-state index is 12.1. The number of benzene rings is 2. The highest BCUT2D eigenvalue weighted by Gasteiger charge is 2.42. The summed E-state index contributed by atoms with van der Waals surface area (Å²) in [5.41, 5.74) is 6.00. The highest BCUT2D eigenvalue weighted by Crippen LogP contribution is 2.45. The van der Waals surface area contributed by atoms with Crippen LogP contribution in [-0.2, 0) is 10.0 Å². The van der Waals surface area contributed by atoms with Crippen molar-refractivity contribution in [3.8, 4) is 17.2 Å². The molecule has 11 heteroatoms. The van der Waals surface area contributed by atoms with E-state index in [4.69, 9.17) is 21.7 Å². The number of anilines is 2. The number of hydrogen-bond donors (Lipinski definition) is 2. The summed E-state index contributed by atoms with van der Waals surface area (Å²) in [6.07, 6.45) is 2.87. The maximum Gasteiger partial charge on any atom is 0.229 e. The van der Waals surface area contributed by atoms with Gasteiger partial charge in [-0.25, -0.2) is 8.42 Å². The molecule has 2 aromatic carbocycles. The zero-order chi connectivity index (χ0) is 28.6. The van der Waals surface area contributed by atoms with Gasteiger partial charge in [0, 0.05) is 35.0 Å². The van der Waals surface area contributed by atoms with Gasteiger partial charge in [-0.15, -0.1) is 0 Å². The molecule has 0 saturated carbocycles. The first-order valence-electron chi connectivity index (χ1n) is 12.6. The van der Waals surface area contributed by atoms with Crippen molar-refractivity contribution in [1.29, 1.82) is 0 Å². The molecule has 1 aliphatic rings. The monoisotopic (exact) mass is 577 g/mol. The van der Waals surface area contributed by atoms with Crippen molar-refractivity contribution in [2.45, 2.75) is 25.9 Å². The summed E-state index contributed by atoms with van der Waals surface area (Å²) in [5.74, 6) is 1.17. The fourth-order valence-electron chi connectivity index (χ4n) is 5.31. The number of hydrogen-bond acceptors (Lipinski definition) is 6. The summed E-state index contributed by atoms with van der Waals surface area (Å²) in [6, 6.07) is 20.7. The third-order valence-electron chi connectivity index (χ3n) is 6.96. The van der Waals surface area contributed by atoms with E-state index in [1.165, 1.54) is 7.11 Å². The lowest BCUT2D eigenvalue weighted by atomic mass is 9.96. The Morgan fingerprint density at radius 3 is 2.45 bits per heavy atom. The van der Waals surface area contributed by atoms with Crippen LogP contribution in [0.25, 0.3) is 5.69 Å². The number of thiocarbonyl (C=S) groups is 1. The van der Waals surface area contributed by atoms with Crippen LogP contribution in [0.3, 0.4) is 0 Å². The van der Waals surface area contributed by atoms with Crippen LogP contribution in [0.15, 0.2) is 72.9 Å². The van der Waals surface area contributed by atoms with E-state index in [-0.39, 0.29) is 12.1 Å². The van der Waals surface area contributed by atoms with Gasteiger partial charge in [-0.2, -0.15) is 0 Å². The minimum absolute atomic E-state index is 0.263. The predicted molar refractivity (Wildman–Crippen MR) is 161 cm³/mol. The van der Waals surface area contributed by atoms with Gasteiger partial charge in [0.25, 0.3) is 0 Å². The van der Waals surface area contributed by atoms with Crippen molar-refractivity contribution in [3.63, 3.8) is 0 Å². The average Bonchev–Trinajstić information content (AvgIpc) is 3.43. The number of sulfonamides is 1. The Kier molecular flexibility index (Phi) is 7.43. The molecular formula is C29H31N5O4S2. The lowest BCUT2D eigenvalue weighted by Crippen LogP contribution is -2.29. The molecule has 2 atom stereocenters. The Labute approximate surface area is 239 Å². The number of rotatable bonds is 8. The zero-order valence-electron chi connectivity index (χ0n) is 22.9. The van der Waals surface area contributed by atoms with E-state index in [0.717, 1.165) is 40.3 Å². The molecule has 9 nitrogen and oxygen atoms in total. The first-order valence-corrected chi connectivity index (χ1v) is 14.9. The summed E-state index contributed by atoms with van der Waals surface area (Å²) < 4.78 is 39.9. The molecule has 2 aromatic heterocycles. The second kappa shape index (κ2) is 10.8. The molecule has 0 spiro atoms. The fourth-order valence-corrected chi connectivity index (χ4v) is 6.21. The normalized spacial score (nSPS) is 17.0. The quantitative estimate of drug-likeness (QED) is 0.281. The van der Waals surface area contributed by atoms with Crippen LogP contribution in [0, 0.1) is 13.8 Å². The Morgan fingerprint density at radius 1 is 0.975 bits per heavy atom. The number of aromatic nitrogens is 2. The van der Waals surface area contributed by atoms with Crippen molar-refractivity contribution in [1.82, 2.24) is 14.9 Å². The second-order valence-corrected chi connectivity index (χ2v) is 11.8. The van der Waals surface area contributed by atoms with Crippen molar-refractivity contribution in [2.75, 3.05) is 30.1 Å². The first-order chi connectivity index (χ1) is 19.1. The van der Waals surface area contributed by atoms with Gasteiger partial charge in [-0.3, -0.25) is 9.71 Å². The molecule has 0 radical (unpaired) electrons. The van der Waals surface area contributed by atoms with Crippen molar-refractivity contribution >= 4 is 38.7 Å². The van der Waals surface area contributed by atoms with Gasteiger partial charge < -0.3 is 24.3 Å². The highest BCUT2D eigenvalue weighted by molar-refractivity contribution is 7.92. The fraction of sp³-hybridized carbons (Fsp3) is 0.241. The van der Waals surface area contributed by atoms with E-state index in [9.17, 15) is 8.42 Å². The van der Waals surface area contributed by atoms with Crippen molar-refractivity contribution < 1.29 is 17.9 Å². The topological polar surface area (TPSA) is 97.7 Å². The summed E-state index contributed by atoms with van der Waals surface area (Å²) in [6.45, 7) is 4.15. The SMILES string of the molecule is COc1cccc(-n2c(C)cc([C@H]3[C@H](c4ccccn4)NC(=S)N3c3ccc(OC)c(NS(C)(=O)=O)c3)c2C)c1. The summed E-state index contributed by atoms with van der Waals surface area (Å²) in [4.78, 5) is 6.66. The van der Waals surface area contributed by atoms with Gasteiger partial charge in [0.15, 0.2) is 5.11 Å². The number of ether oxygens (including phenoxy) is 2. The number of methoxy groups -OCH3 is 2. The molecule has 1 saturated heterocycles. The third kappa shape index (κ3) is 5.22. The molecule has 0 amide bonds. The highest BCUT2D eigenvalue weighted by atomic mass is 32.2. The van der Waals surface area contributed by atoms with Gasteiger partial charge in [0.05, 0.1) is 43.9 Å². The Balaban J connectivity index is 1.68. The van der Waals surface area contributed by atoms with Crippen LogP contribution >= 0.6 is 12.2 Å². The molecule has 4 aromatic rings. The maximum atomic E-state index is 12.1. The Bertz CT molecular complexity index is 1670. The lowest BCUT2D eigenvalue weighted by Gasteiger charge is -2.29. The van der Waals surface area contributed by atoms with Crippen LogP contribution in [0.2, 0.25) is 0 Å². The largest absolute Gasteiger partial charge is 0.497 e. The first kappa shape index (κ1) is 27.5. The molecule has 1 fully saturated rings. The average molecular weight is 578 g/mol. The van der Waals surface area contributed by atoms with Gasteiger partial charge in [0.1, 0.15) is 11.5 Å². The minimum Gasteiger partial charge on any atom is -0.497 e. The van der Waals surface area contributed by atoms with E-state index < -0.39 is 10.0 Å². The third-order valence-corrected chi connectivity index (χ3v) is 7.86. The molecule has 0 unspecified atom stereocenters. The van der Waals surface area contributed by atoms with Gasteiger partial charge >= 0.3 is 0 Å². The van der Waals surface area contributed by atoms with Gasteiger partial charge in [0.2, 0.25) is 10.0 Å². The lowest BCUT2D eigenvalue weighted by molar-refractivity contribution is 0.414. The Hall–Kier alpha value is -4.09. The van der Waals surface area contributed by atoms with E-state index in [1.54, 1.807) is 25.4 Å². The molecule has 2 N–H and O–H groups in total. The molecule has 3 heterocycles. The van der Waals surface area contributed by atoms with Crippen LogP contribution in [0.1, 0.15) is 34.7 Å². The molecular weight excluding hydrogens is 546 g/mol. The van der Waals surface area contributed by atoms with Crippen molar-refractivity contribution in [2.24, 2.45) is 0 Å². The zero-order valence-corrected chi connectivity index (χ0v) is 24.5. The smallest absolute Gasteiger partial charge is 0.229 e. The molecule has 0 bridgehead atoms. The van der Waals surface area contributed by atoms with Crippen LogP contribution in [-0.4, -0.2) is 43.6 Å². The van der Waals surface area contributed by atoms with Crippen LogP contribution < -0.4 is 24.4 Å². The number of aryl methyl sites for hydroxylation is 1. The second-order valence-electron chi connectivity index (χ2n) is 9.62. The standard InChI is InChI=1S/C29H31N5O4S2/c1-18-15-23(19(2)33(18)20-9-8-10-22(16-20)37-3)28-27(24-11-6-7-14-30-24)31-29(39)34(28)21-12-13-26(38-4)25(17-21)32-40(5,35)36/h6-17,27-28,32H,1-5H3,(H,31,39)/t27-,28-/m0/s1. The molecule has 5 rings (SSSR count). The van der Waals surface area contributed by atoms with Gasteiger partial charge in [-0.05, 0) is 80.2 Å². The van der Waals surface area contributed by atoms with Crippen molar-refractivity contribution in [3.05, 3.63) is 95.6 Å². The molecule has 0 aliphatic carbocycles. The molecule has 208 valence electrons. The Morgan fingerprint density at radius 2 is 1.77 bits per heavy atom. The van der Waals surface area contributed by atoms with E-state index in [2.05, 4.69) is 39.5 Å². The predicted octanol–water partition coefficient (Wildman–Crippen LogP) is 5.05. The number of pyridine rings is 1. The van der Waals surface area contributed by atoms with E-state index in [1.807, 2.05) is 53.4 Å². The van der Waals surface area contributed by atoms with E-state index >= 15 is 0 Å². The summed E-state index contributed by atoms with van der Waals surface area (Å²) in [5, 5.41) is 3.98. The number of nitrogens with one attached hydrogen (secondary N) is 2. The summed E-state index contributed by atoms with van der Waals surface area (Å²) in [7, 11) is -0.396. The molecule has 40 heavy (non-hydrogen) atoms. The van der Waals surface area contributed by atoms with Crippen LogP contribution in [0.4, 0.5) is 11.4 Å². The van der Waals surface area contributed by atoms with Crippen LogP contribution in [0.5, 0.6) is 11.5 Å². The minimum atomic E-state index is -3.55. The van der Waals surface area contributed by atoms with E-state index in [0.29, 0.717) is 22.2 Å². The summed E-state index contributed by atoms with van der Waals surface area (Å²) >= 11 is 5.89. The molecule has 1 aliphatic heterocycles.